The van der Waals surface area contributed by atoms with Crippen LogP contribution in [0.1, 0.15) is 20.3 Å². The van der Waals surface area contributed by atoms with Gasteiger partial charge in [0, 0.05) is 18.1 Å². The fraction of sp³-hybridized carbons (Fsp3) is 0.462. The lowest BCUT2D eigenvalue weighted by Crippen LogP contribution is -2.41. The summed E-state index contributed by atoms with van der Waals surface area (Å²) in [6, 6.07) is 4.16. The number of sulfonamides is 1. The first-order chi connectivity index (χ1) is 9.68. The van der Waals surface area contributed by atoms with Crippen LogP contribution in [0.2, 0.25) is 10.0 Å². The molecular weight excluding hydrogens is 335 g/mol. The van der Waals surface area contributed by atoms with Crippen LogP contribution in [0.4, 0.5) is 0 Å². The summed E-state index contributed by atoms with van der Waals surface area (Å²) in [5, 5.41) is 3.03. The zero-order valence-electron chi connectivity index (χ0n) is 12.1. The molecule has 5 nitrogen and oxygen atoms in total. The maximum atomic E-state index is 12.4. The fourth-order valence-corrected chi connectivity index (χ4v) is 3.41. The van der Waals surface area contributed by atoms with Gasteiger partial charge in [-0.05, 0) is 31.5 Å². The topological polar surface area (TPSA) is 66.5 Å². The smallest absolute Gasteiger partial charge is 0.244 e. The Bertz CT molecular complexity index is 620. The second-order valence-corrected chi connectivity index (χ2v) is 7.57. The van der Waals surface area contributed by atoms with Gasteiger partial charge >= 0.3 is 0 Å². The number of likely N-dealkylation sites (N-methyl/N-ethyl adjacent to an activating group) is 1. The molecule has 1 aromatic rings. The van der Waals surface area contributed by atoms with Crippen LogP contribution in [0.15, 0.2) is 23.1 Å². The summed E-state index contributed by atoms with van der Waals surface area (Å²) in [4.78, 5) is 11.7. The first kappa shape index (κ1) is 18.2. The van der Waals surface area contributed by atoms with Crippen molar-refractivity contribution in [1.29, 1.82) is 0 Å². The van der Waals surface area contributed by atoms with E-state index in [1.165, 1.54) is 25.2 Å². The fourth-order valence-electron chi connectivity index (χ4n) is 1.55. The summed E-state index contributed by atoms with van der Waals surface area (Å²) in [5.74, 6) is -0.367. The number of carbonyl (C=O) groups excluding carboxylic acids is 1. The van der Waals surface area contributed by atoms with Gasteiger partial charge in [-0.1, -0.05) is 30.1 Å². The van der Waals surface area contributed by atoms with E-state index in [0.717, 1.165) is 10.7 Å². The quantitative estimate of drug-likeness (QED) is 0.855. The van der Waals surface area contributed by atoms with Crippen LogP contribution in [-0.2, 0) is 14.8 Å². The molecule has 0 spiro atoms. The van der Waals surface area contributed by atoms with Crippen LogP contribution < -0.4 is 5.32 Å². The number of amides is 1. The van der Waals surface area contributed by atoms with E-state index in [4.69, 9.17) is 23.2 Å². The summed E-state index contributed by atoms with van der Waals surface area (Å²) in [6.45, 7) is 3.49. The second kappa shape index (κ2) is 7.45. The molecule has 1 N–H and O–H groups in total. The largest absolute Gasteiger partial charge is 0.353 e. The lowest BCUT2D eigenvalue weighted by atomic mass is 10.2. The first-order valence-electron chi connectivity index (χ1n) is 6.39. The molecule has 0 aliphatic rings. The van der Waals surface area contributed by atoms with Crippen molar-refractivity contribution < 1.29 is 13.2 Å². The molecule has 1 unspecified atom stereocenters. The van der Waals surface area contributed by atoms with Crippen LogP contribution in [0.3, 0.4) is 0 Å². The molecule has 1 aromatic carbocycles. The van der Waals surface area contributed by atoms with Gasteiger partial charge in [-0.15, -0.1) is 0 Å². The maximum absolute atomic E-state index is 12.4. The monoisotopic (exact) mass is 352 g/mol. The molecule has 1 atom stereocenters. The Morgan fingerprint density at radius 3 is 2.57 bits per heavy atom. The van der Waals surface area contributed by atoms with Gasteiger partial charge in [-0.2, -0.15) is 4.31 Å². The second-order valence-electron chi connectivity index (χ2n) is 4.71. The molecule has 118 valence electrons. The zero-order valence-corrected chi connectivity index (χ0v) is 14.4. The Balaban J connectivity index is 2.92. The highest BCUT2D eigenvalue weighted by Gasteiger charge is 2.25. The summed E-state index contributed by atoms with van der Waals surface area (Å²) < 4.78 is 25.7. The van der Waals surface area contributed by atoms with Crippen molar-refractivity contribution in [3.05, 3.63) is 28.2 Å². The summed E-state index contributed by atoms with van der Waals surface area (Å²) in [5.41, 5.74) is 0. The van der Waals surface area contributed by atoms with Crippen LogP contribution in [-0.4, -0.2) is 38.3 Å². The molecule has 0 saturated carbocycles. The number of hydrogen-bond donors (Lipinski definition) is 1. The van der Waals surface area contributed by atoms with E-state index >= 15 is 0 Å². The SMILES string of the molecule is CCC(C)NC(=O)CN(C)S(=O)(=O)c1cc(Cl)ccc1Cl. The highest BCUT2D eigenvalue weighted by molar-refractivity contribution is 7.89. The Hall–Kier alpha value is -0.820. The van der Waals surface area contributed by atoms with Crippen molar-refractivity contribution in [2.24, 2.45) is 0 Å². The minimum absolute atomic E-state index is 0.0108. The van der Waals surface area contributed by atoms with Crippen LogP contribution in [0.5, 0.6) is 0 Å². The summed E-state index contributed by atoms with van der Waals surface area (Å²) in [7, 11) is -2.55. The standard InChI is InChI=1S/C13H18Cl2N2O3S/c1-4-9(2)16-13(18)8-17(3)21(19,20)12-7-10(14)5-6-11(12)15/h5-7,9H,4,8H2,1-3H3,(H,16,18). The van der Waals surface area contributed by atoms with Gasteiger partial charge in [-0.25, -0.2) is 8.42 Å². The Morgan fingerprint density at radius 1 is 1.38 bits per heavy atom. The lowest BCUT2D eigenvalue weighted by Gasteiger charge is -2.19. The average Bonchev–Trinajstić information content (AvgIpc) is 2.40. The van der Waals surface area contributed by atoms with Crippen molar-refractivity contribution in [3.8, 4) is 0 Å². The van der Waals surface area contributed by atoms with Gasteiger partial charge in [0.1, 0.15) is 4.90 Å². The van der Waals surface area contributed by atoms with Crippen molar-refractivity contribution >= 4 is 39.1 Å². The molecule has 0 radical (unpaired) electrons. The van der Waals surface area contributed by atoms with E-state index < -0.39 is 10.0 Å². The molecule has 1 amide bonds. The zero-order chi connectivity index (χ0) is 16.2. The van der Waals surface area contributed by atoms with E-state index in [0.29, 0.717) is 0 Å². The summed E-state index contributed by atoms with van der Waals surface area (Å²) in [6.07, 6.45) is 0.766. The molecule has 0 bridgehead atoms. The molecule has 0 fully saturated rings. The van der Waals surface area contributed by atoms with Crippen molar-refractivity contribution in [2.75, 3.05) is 13.6 Å². The number of benzene rings is 1. The van der Waals surface area contributed by atoms with Crippen molar-refractivity contribution in [3.63, 3.8) is 0 Å². The molecule has 0 heterocycles. The third-order valence-electron chi connectivity index (χ3n) is 2.97. The molecule has 0 aliphatic heterocycles. The van der Waals surface area contributed by atoms with Crippen molar-refractivity contribution in [1.82, 2.24) is 9.62 Å². The Labute approximate surface area is 135 Å². The molecular formula is C13H18Cl2N2O3S. The lowest BCUT2D eigenvalue weighted by molar-refractivity contribution is -0.121. The highest BCUT2D eigenvalue weighted by atomic mass is 35.5. The third-order valence-corrected chi connectivity index (χ3v) is 5.49. The number of nitrogens with zero attached hydrogens (tertiary/aromatic N) is 1. The normalized spacial score (nSPS) is 13.2. The third kappa shape index (κ3) is 4.85. The molecule has 21 heavy (non-hydrogen) atoms. The average molecular weight is 353 g/mol. The number of nitrogens with one attached hydrogen (secondary N) is 1. The number of halogens is 2. The van der Waals surface area contributed by atoms with Gasteiger partial charge in [0.05, 0.1) is 11.6 Å². The first-order valence-corrected chi connectivity index (χ1v) is 8.58. The molecule has 0 aliphatic carbocycles. The number of rotatable bonds is 6. The predicted octanol–water partition coefficient (Wildman–Crippen LogP) is 2.53. The molecule has 0 saturated heterocycles. The number of carbonyl (C=O) groups is 1. The van der Waals surface area contributed by atoms with Gasteiger partial charge in [-0.3, -0.25) is 4.79 Å². The summed E-state index contributed by atoms with van der Waals surface area (Å²) >= 11 is 11.7. The van der Waals surface area contributed by atoms with Crippen LogP contribution in [0, 0.1) is 0 Å². The van der Waals surface area contributed by atoms with Crippen molar-refractivity contribution in [2.45, 2.75) is 31.2 Å². The Morgan fingerprint density at radius 2 is 2.00 bits per heavy atom. The molecule has 8 heteroatoms. The number of hydrogen-bond acceptors (Lipinski definition) is 3. The van der Waals surface area contributed by atoms with E-state index in [9.17, 15) is 13.2 Å². The van der Waals surface area contributed by atoms with E-state index in [1.54, 1.807) is 0 Å². The van der Waals surface area contributed by atoms with Gasteiger partial charge in [0.25, 0.3) is 0 Å². The van der Waals surface area contributed by atoms with E-state index in [2.05, 4.69) is 5.32 Å². The van der Waals surface area contributed by atoms with Gasteiger partial charge in [0.15, 0.2) is 0 Å². The van der Waals surface area contributed by atoms with Gasteiger partial charge < -0.3 is 5.32 Å². The predicted molar refractivity (Wildman–Crippen MR) is 84.2 cm³/mol. The Kier molecular flexibility index (Phi) is 6.46. The minimum atomic E-state index is -3.87. The van der Waals surface area contributed by atoms with Gasteiger partial charge in [0.2, 0.25) is 15.9 Å². The van der Waals surface area contributed by atoms with E-state index in [-0.39, 0.29) is 33.4 Å². The maximum Gasteiger partial charge on any atom is 0.244 e. The van der Waals surface area contributed by atoms with E-state index in [1.807, 2.05) is 13.8 Å². The minimum Gasteiger partial charge on any atom is -0.353 e. The molecule has 0 aromatic heterocycles. The highest BCUT2D eigenvalue weighted by Crippen LogP contribution is 2.26. The van der Waals surface area contributed by atoms with Crippen LogP contribution >= 0.6 is 23.2 Å². The van der Waals surface area contributed by atoms with Crippen LogP contribution in [0.25, 0.3) is 0 Å². The molecule has 1 rings (SSSR count).